The molecule has 0 saturated carbocycles. The van der Waals surface area contributed by atoms with Crippen LogP contribution in [0, 0.1) is 10.1 Å². The minimum atomic E-state index is -0.497. The first-order valence-corrected chi connectivity index (χ1v) is 6.45. The van der Waals surface area contributed by atoms with Gasteiger partial charge in [0.15, 0.2) is 0 Å². The fourth-order valence-corrected chi connectivity index (χ4v) is 2.01. The monoisotopic (exact) mass is 305 g/mol. The summed E-state index contributed by atoms with van der Waals surface area (Å²) in [6, 6.07) is 7.48. The van der Waals surface area contributed by atoms with Gasteiger partial charge in [-0.3, -0.25) is 19.9 Å². The van der Waals surface area contributed by atoms with Gasteiger partial charge in [-0.05, 0) is 23.8 Å². The van der Waals surface area contributed by atoms with Crippen LogP contribution in [0.25, 0.3) is 0 Å². The van der Waals surface area contributed by atoms with Crippen LogP contribution >= 0.6 is 11.6 Å². The summed E-state index contributed by atoms with van der Waals surface area (Å²) in [7, 11) is 1.60. The van der Waals surface area contributed by atoms with Gasteiger partial charge in [-0.25, -0.2) is 0 Å². The maximum Gasteiger partial charge on any atom is 0.269 e. The summed E-state index contributed by atoms with van der Waals surface area (Å²) >= 11 is 6.02. The van der Waals surface area contributed by atoms with Gasteiger partial charge in [-0.2, -0.15) is 0 Å². The van der Waals surface area contributed by atoms with Crippen LogP contribution in [-0.4, -0.2) is 27.8 Å². The average Bonchev–Trinajstić information content (AvgIpc) is 2.49. The van der Waals surface area contributed by atoms with Crippen LogP contribution in [0.4, 0.5) is 5.69 Å². The average molecular weight is 306 g/mol. The Hall–Kier alpha value is -2.47. The number of nitro groups is 1. The number of non-ortho nitro benzene ring substituents is 1. The summed E-state index contributed by atoms with van der Waals surface area (Å²) in [6.07, 6.45) is 3.04. The Balaban J connectivity index is 2.19. The number of pyridine rings is 1. The summed E-state index contributed by atoms with van der Waals surface area (Å²) in [5.41, 5.74) is 0.906. The molecule has 0 spiro atoms. The number of hydrogen-bond donors (Lipinski definition) is 0. The zero-order chi connectivity index (χ0) is 15.4. The van der Waals surface area contributed by atoms with Gasteiger partial charge in [0.2, 0.25) is 0 Å². The first-order valence-electron chi connectivity index (χ1n) is 6.07. The number of nitro benzene ring substituents is 1. The molecule has 2 rings (SSSR count). The van der Waals surface area contributed by atoms with Gasteiger partial charge < -0.3 is 4.90 Å². The number of carbonyl (C=O) groups excluding carboxylic acids is 1. The Morgan fingerprint density at radius 3 is 2.81 bits per heavy atom. The SMILES string of the molecule is CN(Cc1cc([N+](=O)[O-])ccc1Cl)C(=O)c1cccnc1. The molecule has 1 heterocycles. The van der Waals surface area contributed by atoms with E-state index in [-0.39, 0.29) is 18.1 Å². The molecule has 2 aromatic rings. The van der Waals surface area contributed by atoms with Crippen molar-refractivity contribution in [3.8, 4) is 0 Å². The topological polar surface area (TPSA) is 76.3 Å². The molecule has 108 valence electrons. The molecule has 1 aromatic heterocycles. The van der Waals surface area contributed by atoms with Crippen LogP contribution in [0.5, 0.6) is 0 Å². The maximum atomic E-state index is 12.2. The molecule has 0 aliphatic carbocycles. The lowest BCUT2D eigenvalue weighted by atomic mass is 10.1. The number of carbonyl (C=O) groups is 1. The van der Waals surface area contributed by atoms with Crippen LogP contribution in [0.3, 0.4) is 0 Å². The van der Waals surface area contributed by atoms with Gasteiger partial charge in [0.05, 0.1) is 10.5 Å². The van der Waals surface area contributed by atoms with Crippen molar-refractivity contribution in [1.29, 1.82) is 0 Å². The van der Waals surface area contributed by atoms with Gasteiger partial charge >= 0.3 is 0 Å². The second kappa shape index (κ2) is 6.32. The Labute approximate surface area is 126 Å². The van der Waals surface area contributed by atoms with E-state index in [1.807, 2.05) is 0 Å². The summed E-state index contributed by atoms with van der Waals surface area (Å²) < 4.78 is 0. The van der Waals surface area contributed by atoms with E-state index in [4.69, 9.17) is 11.6 Å². The summed E-state index contributed by atoms with van der Waals surface area (Å²) in [5, 5.41) is 11.2. The fraction of sp³-hybridized carbons (Fsp3) is 0.143. The van der Waals surface area contributed by atoms with Crippen LogP contribution in [0.15, 0.2) is 42.7 Å². The predicted molar refractivity (Wildman–Crippen MR) is 78.1 cm³/mol. The van der Waals surface area contributed by atoms with E-state index in [1.165, 1.54) is 29.3 Å². The van der Waals surface area contributed by atoms with E-state index in [9.17, 15) is 14.9 Å². The molecule has 0 N–H and O–H groups in total. The second-order valence-corrected chi connectivity index (χ2v) is 4.84. The number of amides is 1. The highest BCUT2D eigenvalue weighted by molar-refractivity contribution is 6.31. The van der Waals surface area contributed by atoms with Crippen LogP contribution in [-0.2, 0) is 6.54 Å². The molecule has 21 heavy (non-hydrogen) atoms. The van der Waals surface area contributed by atoms with E-state index in [2.05, 4.69) is 4.98 Å². The molecular formula is C14H12ClN3O3. The van der Waals surface area contributed by atoms with Crippen LogP contribution < -0.4 is 0 Å². The largest absolute Gasteiger partial charge is 0.337 e. The lowest BCUT2D eigenvalue weighted by Gasteiger charge is -2.17. The van der Waals surface area contributed by atoms with Gasteiger partial charge in [-0.1, -0.05) is 11.6 Å². The molecule has 7 heteroatoms. The molecule has 0 unspecified atom stereocenters. The highest BCUT2D eigenvalue weighted by atomic mass is 35.5. The van der Waals surface area contributed by atoms with Crippen molar-refractivity contribution in [2.75, 3.05) is 7.05 Å². The Morgan fingerprint density at radius 1 is 1.43 bits per heavy atom. The number of aromatic nitrogens is 1. The predicted octanol–water partition coefficient (Wildman–Crippen LogP) is 2.92. The first kappa shape index (κ1) is 14.9. The minimum absolute atomic E-state index is 0.0587. The summed E-state index contributed by atoms with van der Waals surface area (Å²) in [6.45, 7) is 0.175. The molecule has 1 amide bonds. The molecule has 6 nitrogen and oxygen atoms in total. The third-order valence-corrected chi connectivity index (χ3v) is 3.27. The number of halogens is 1. The van der Waals surface area contributed by atoms with Crippen molar-refractivity contribution in [2.24, 2.45) is 0 Å². The van der Waals surface area contributed by atoms with E-state index < -0.39 is 4.92 Å². The molecule has 0 atom stereocenters. The zero-order valence-electron chi connectivity index (χ0n) is 11.2. The smallest absolute Gasteiger partial charge is 0.269 e. The van der Waals surface area contributed by atoms with E-state index >= 15 is 0 Å². The van der Waals surface area contributed by atoms with Gasteiger partial charge in [0.25, 0.3) is 11.6 Å². The third-order valence-electron chi connectivity index (χ3n) is 2.90. The minimum Gasteiger partial charge on any atom is -0.337 e. The summed E-state index contributed by atoms with van der Waals surface area (Å²) in [4.78, 5) is 27.8. The number of rotatable bonds is 4. The van der Waals surface area contributed by atoms with Crippen LogP contribution in [0.1, 0.15) is 15.9 Å². The van der Waals surface area contributed by atoms with Crippen molar-refractivity contribution >= 4 is 23.2 Å². The van der Waals surface area contributed by atoms with Crippen molar-refractivity contribution in [3.05, 3.63) is 69.0 Å². The van der Waals surface area contributed by atoms with Crippen molar-refractivity contribution < 1.29 is 9.72 Å². The first-order chi connectivity index (χ1) is 9.99. The van der Waals surface area contributed by atoms with E-state index in [0.717, 1.165) is 0 Å². The Morgan fingerprint density at radius 2 is 2.19 bits per heavy atom. The quantitative estimate of drug-likeness (QED) is 0.643. The highest BCUT2D eigenvalue weighted by Crippen LogP contribution is 2.23. The van der Waals surface area contributed by atoms with Gasteiger partial charge in [0, 0.05) is 43.1 Å². The molecule has 0 radical (unpaired) electrons. The van der Waals surface area contributed by atoms with Crippen molar-refractivity contribution in [3.63, 3.8) is 0 Å². The molecule has 0 saturated heterocycles. The molecule has 0 bridgehead atoms. The van der Waals surface area contributed by atoms with E-state index in [1.54, 1.807) is 25.4 Å². The van der Waals surface area contributed by atoms with E-state index in [0.29, 0.717) is 16.1 Å². The number of benzene rings is 1. The fourth-order valence-electron chi connectivity index (χ4n) is 1.83. The second-order valence-electron chi connectivity index (χ2n) is 4.44. The third kappa shape index (κ3) is 3.55. The number of hydrogen-bond acceptors (Lipinski definition) is 4. The molecule has 0 aliphatic rings. The number of nitrogens with zero attached hydrogens (tertiary/aromatic N) is 3. The molecule has 0 aliphatic heterocycles. The molecule has 1 aromatic carbocycles. The normalized spacial score (nSPS) is 10.2. The van der Waals surface area contributed by atoms with Crippen molar-refractivity contribution in [1.82, 2.24) is 9.88 Å². The van der Waals surface area contributed by atoms with Crippen LogP contribution in [0.2, 0.25) is 5.02 Å². The highest BCUT2D eigenvalue weighted by Gasteiger charge is 2.16. The molecule has 0 fully saturated rings. The zero-order valence-corrected chi connectivity index (χ0v) is 11.9. The standard InChI is InChI=1S/C14H12ClN3O3/c1-17(14(19)10-3-2-6-16-8-10)9-11-7-12(18(20)21)4-5-13(11)15/h2-8H,9H2,1H3. The molecular weight excluding hydrogens is 294 g/mol. The lowest BCUT2D eigenvalue weighted by Crippen LogP contribution is -2.26. The summed E-state index contributed by atoms with van der Waals surface area (Å²) in [5.74, 6) is -0.231. The van der Waals surface area contributed by atoms with Crippen molar-refractivity contribution in [2.45, 2.75) is 6.54 Å². The maximum absolute atomic E-state index is 12.2. The van der Waals surface area contributed by atoms with Gasteiger partial charge in [-0.15, -0.1) is 0 Å². The lowest BCUT2D eigenvalue weighted by molar-refractivity contribution is -0.384. The Kier molecular flexibility index (Phi) is 4.49. The van der Waals surface area contributed by atoms with Gasteiger partial charge in [0.1, 0.15) is 0 Å². The Bertz CT molecular complexity index is 676.